The van der Waals surface area contributed by atoms with Crippen molar-refractivity contribution in [2.45, 2.75) is 19.9 Å². The fourth-order valence-corrected chi connectivity index (χ4v) is 1.31. The minimum atomic E-state index is -0.447. The van der Waals surface area contributed by atoms with Crippen LogP contribution in [-0.2, 0) is 4.74 Å². The summed E-state index contributed by atoms with van der Waals surface area (Å²) in [6.07, 6.45) is 0. The van der Waals surface area contributed by atoms with Gasteiger partial charge >= 0.3 is 0 Å². The Morgan fingerprint density at radius 1 is 1.33 bits per heavy atom. The molecule has 84 valence electrons. The van der Waals surface area contributed by atoms with Gasteiger partial charge in [0.1, 0.15) is 11.6 Å². The highest BCUT2D eigenvalue weighted by Crippen LogP contribution is 2.19. The van der Waals surface area contributed by atoms with E-state index in [0.717, 1.165) is 6.07 Å². The average Bonchev–Trinajstić information content (AvgIpc) is 2.14. The first kappa shape index (κ1) is 11.9. The van der Waals surface area contributed by atoms with Gasteiger partial charge in [-0.2, -0.15) is 0 Å². The molecule has 0 saturated carbocycles. The van der Waals surface area contributed by atoms with Crippen molar-refractivity contribution in [3.63, 3.8) is 0 Å². The van der Waals surface area contributed by atoms with Gasteiger partial charge in [-0.1, -0.05) is 0 Å². The van der Waals surface area contributed by atoms with Crippen LogP contribution in [0.4, 0.5) is 14.5 Å². The molecule has 1 unspecified atom stereocenters. The predicted molar refractivity (Wildman–Crippen MR) is 56.1 cm³/mol. The smallest absolute Gasteiger partial charge is 0.146 e. The molecule has 0 bridgehead atoms. The normalized spacial score (nSPS) is 12.6. The van der Waals surface area contributed by atoms with Crippen LogP contribution in [0, 0.1) is 18.6 Å². The summed E-state index contributed by atoms with van der Waals surface area (Å²) in [5, 5.41) is 2.84. The molecule has 0 saturated heterocycles. The minimum Gasteiger partial charge on any atom is -0.383 e. The molecule has 1 N–H and O–H groups in total. The standard InChI is InChI=1S/C11H15F2NO/c1-7-4-10(13)11(5-9(7)12)14-8(2)6-15-3/h4-5,8,14H,6H2,1-3H3. The van der Waals surface area contributed by atoms with Crippen molar-refractivity contribution in [3.05, 3.63) is 29.3 Å². The number of anilines is 1. The Morgan fingerprint density at radius 2 is 2.00 bits per heavy atom. The Hall–Kier alpha value is -1.16. The van der Waals surface area contributed by atoms with Gasteiger partial charge in [0.05, 0.1) is 12.3 Å². The third-order valence-electron chi connectivity index (χ3n) is 2.07. The van der Waals surface area contributed by atoms with Gasteiger partial charge in [-0.3, -0.25) is 0 Å². The van der Waals surface area contributed by atoms with E-state index in [1.54, 1.807) is 7.11 Å². The molecule has 4 heteroatoms. The van der Waals surface area contributed by atoms with E-state index < -0.39 is 11.6 Å². The summed E-state index contributed by atoms with van der Waals surface area (Å²) in [7, 11) is 1.56. The Labute approximate surface area is 88.3 Å². The highest BCUT2D eigenvalue weighted by molar-refractivity contribution is 5.47. The summed E-state index contributed by atoms with van der Waals surface area (Å²) >= 11 is 0. The van der Waals surface area contributed by atoms with E-state index >= 15 is 0 Å². The van der Waals surface area contributed by atoms with Crippen LogP contribution in [-0.4, -0.2) is 19.8 Å². The molecule has 1 aromatic carbocycles. The van der Waals surface area contributed by atoms with E-state index in [-0.39, 0.29) is 11.7 Å². The number of nitrogens with one attached hydrogen (secondary N) is 1. The van der Waals surface area contributed by atoms with Gasteiger partial charge < -0.3 is 10.1 Å². The number of hydrogen-bond acceptors (Lipinski definition) is 2. The van der Waals surface area contributed by atoms with E-state index in [4.69, 9.17) is 4.74 Å². The molecule has 2 nitrogen and oxygen atoms in total. The minimum absolute atomic E-state index is 0.0633. The van der Waals surface area contributed by atoms with E-state index in [1.165, 1.54) is 13.0 Å². The van der Waals surface area contributed by atoms with Crippen molar-refractivity contribution in [2.75, 3.05) is 19.0 Å². The van der Waals surface area contributed by atoms with Crippen molar-refractivity contribution < 1.29 is 13.5 Å². The molecule has 0 spiro atoms. The third kappa shape index (κ3) is 3.16. The summed E-state index contributed by atoms with van der Waals surface area (Å²) in [5.74, 6) is -0.861. The van der Waals surface area contributed by atoms with Crippen LogP contribution in [0.1, 0.15) is 12.5 Å². The van der Waals surface area contributed by atoms with E-state index in [0.29, 0.717) is 12.2 Å². The monoisotopic (exact) mass is 215 g/mol. The molecule has 0 aliphatic heterocycles. The number of ether oxygens (including phenoxy) is 1. The Kier molecular flexibility index (Phi) is 4.03. The van der Waals surface area contributed by atoms with Crippen LogP contribution >= 0.6 is 0 Å². The molecule has 15 heavy (non-hydrogen) atoms. The number of halogens is 2. The van der Waals surface area contributed by atoms with Gasteiger partial charge in [0.15, 0.2) is 0 Å². The third-order valence-corrected chi connectivity index (χ3v) is 2.07. The maximum absolute atomic E-state index is 13.4. The molecule has 0 aliphatic carbocycles. The summed E-state index contributed by atoms with van der Waals surface area (Å²) in [4.78, 5) is 0. The molecular formula is C11H15F2NO. The Balaban J connectivity index is 2.81. The fourth-order valence-electron chi connectivity index (χ4n) is 1.31. The van der Waals surface area contributed by atoms with Gasteiger partial charge in [-0.25, -0.2) is 8.78 Å². The van der Waals surface area contributed by atoms with Gasteiger partial charge in [0.2, 0.25) is 0 Å². The Morgan fingerprint density at radius 3 is 2.60 bits per heavy atom. The van der Waals surface area contributed by atoms with E-state index in [2.05, 4.69) is 5.32 Å². The highest BCUT2D eigenvalue weighted by Gasteiger charge is 2.09. The maximum atomic E-state index is 13.4. The summed E-state index contributed by atoms with van der Waals surface area (Å²) in [6.45, 7) is 3.80. The van der Waals surface area contributed by atoms with Crippen LogP contribution in [0.2, 0.25) is 0 Å². The average molecular weight is 215 g/mol. The van der Waals surface area contributed by atoms with Crippen molar-refractivity contribution in [3.8, 4) is 0 Å². The number of benzene rings is 1. The fraction of sp³-hybridized carbons (Fsp3) is 0.455. The van der Waals surface area contributed by atoms with Crippen LogP contribution < -0.4 is 5.32 Å². The van der Waals surface area contributed by atoms with Gasteiger partial charge in [0.25, 0.3) is 0 Å². The number of aryl methyl sites for hydroxylation is 1. The van der Waals surface area contributed by atoms with Crippen LogP contribution in [0.3, 0.4) is 0 Å². The quantitative estimate of drug-likeness (QED) is 0.833. The summed E-state index contributed by atoms with van der Waals surface area (Å²) < 4.78 is 31.4. The molecule has 1 aromatic rings. The SMILES string of the molecule is COCC(C)Nc1cc(F)c(C)cc1F. The molecule has 0 radical (unpaired) electrons. The number of rotatable bonds is 4. The number of methoxy groups -OCH3 is 1. The predicted octanol–water partition coefficient (Wildman–Crippen LogP) is 2.72. The molecule has 1 atom stereocenters. The van der Waals surface area contributed by atoms with Crippen LogP contribution in [0.15, 0.2) is 12.1 Å². The molecular weight excluding hydrogens is 200 g/mol. The molecule has 0 amide bonds. The topological polar surface area (TPSA) is 21.3 Å². The molecule has 0 heterocycles. The Bertz CT molecular complexity index is 342. The van der Waals surface area contributed by atoms with Crippen molar-refractivity contribution in [1.29, 1.82) is 0 Å². The van der Waals surface area contributed by atoms with Crippen molar-refractivity contribution >= 4 is 5.69 Å². The van der Waals surface area contributed by atoms with Crippen molar-refractivity contribution in [2.24, 2.45) is 0 Å². The molecule has 0 aliphatic rings. The maximum Gasteiger partial charge on any atom is 0.146 e. The zero-order valence-electron chi connectivity index (χ0n) is 9.10. The first-order chi connectivity index (χ1) is 7.04. The van der Waals surface area contributed by atoms with Crippen LogP contribution in [0.25, 0.3) is 0 Å². The lowest BCUT2D eigenvalue weighted by Gasteiger charge is -2.15. The van der Waals surface area contributed by atoms with Gasteiger partial charge in [-0.15, -0.1) is 0 Å². The first-order valence-electron chi connectivity index (χ1n) is 4.75. The lowest BCUT2D eigenvalue weighted by Crippen LogP contribution is -2.21. The summed E-state index contributed by atoms with van der Waals surface area (Å²) in [6, 6.07) is 2.28. The second-order valence-electron chi connectivity index (χ2n) is 3.58. The lowest BCUT2D eigenvalue weighted by molar-refractivity contribution is 0.190. The zero-order valence-corrected chi connectivity index (χ0v) is 9.10. The second kappa shape index (κ2) is 5.07. The zero-order chi connectivity index (χ0) is 11.4. The largest absolute Gasteiger partial charge is 0.383 e. The summed E-state index contributed by atoms with van der Waals surface area (Å²) in [5.41, 5.74) is 0.472. The first-order valence-corrected chi connectivity index (χ1v) is 4.75. The van der Waals surface area contributed by atoms with Gasteiger partial charge in [-0.05, 0) is 25.5 Å². The number of hydrogen-bond donors (Lipinski definition) is 1. The van der Waals surface area contributed by atoms with Crippen molar-refractivity contribution in [1.82, 2.24) is 0 Å². The van der Waals surface area contributed by atoms with E-state index in [9.17, 15) is 8.78 Å². The molecule has 1 rings (SSSR count). The van der Waals surface area contributed by atoms with Crippen LogP contribution in [0.5, 0.6) is 0 Å². The second-order valence-corrected chi connectivity index (χ2v) is 3.58. The van der Waals surface area contributed by atoms with E-state index in [1.807, 2.05) is 6.92 Å². The molecule has 0 fully saturated rings. The van der Waals surface area contributed by atoms with Gasteiger partial charge in [0, 0.05) is 19.2 Å². The highest BCUT2D eigenvalue weighted by atomic mass is 19.1. The lowest BCUT2D eigenvalue weighted by atomic mass is 10.2. The molecule has 0 aromatic heterocycles.